The van der Waals surface area contributed by atoms with Crippen LogP contribution in [0.1, 0.15) is 44.9 Å². The largest absolute Gasteiger partial charge is 0.357 e. The molecule has 0 aromatic carbocycles. The molecule has 1 saturated carbocycles. The van der Waals surface area contributed by atoms with E-state index in [2.05, 4.69) is 0 Å². The molecule has 0 spiro atoms. The summed E-state index contributed by atoms with van der Waals surface area (Å²) in [5.41, 5.74) is 5.34. The Hall–Kier alpha value is 0.610. The fourth-order valence-corrected chi connectivity index (χ4v) is 5.84. The molecule has 1 aliphatic rings. The van der Waals surface area contributed by atoms with Crippen molar-refractivity contribution in [3.05, 3.63) is 0 Å². The van der Waals surface area contributed by atoms with Crippen molar-refractivity contribution in [3.63, 3.8) is 0 Å². The first-order valence-electron chi connectivity index (χ1n) is 6.60. The fraction of sp³-hybridized carbons (Fsp3) is 1.00. The summed E-state index contributed by atoms with van der Waals surface area (Å²) >= 11 is 1.70. The predicted octanol–water partition coefficient (Wildman–Crippen LogP) is 1.80. The Kier molecular flexibility index (Phi) is 6.76. The molecule has 1 fully saturated rings. The van der Waals surface area contributed by atoms with E-state index in [0.717, 1.165) is 12.8 Å². The fourth-order valence-electron chi connectivity index (χ4n) is 2.28. The molecule has 0 aromatic rings. The van der Waals surface area contributed by atoms with E-state index in [1.54, 1.807) is 11.8 Å². The highest BCUT2D eigenvalue weighted by molar-refractivity contribution is 7.99. The topological polar surface area (TPSA) is 141 Å². The molecule has 0 heterocycles. The van der Waals surface area contributed by atoms with Crippen molar-refractivity contribution in [1.82, 2.24) is 0 Å². The van der Waals surface area contributed by atoms with Crippen LogP contribution in [0.2, 0.25) is 0 Å². The molecule has 1 rings (SSSR count). The molecule has 10 heteroatoms. The van der Waals surface area contributed by atoms with Crippen LogP contribution in [0.4, 0.5) is 0 Å². The third-order valence-corrected chi connectivity index (χ3v) is 9.10. The smallest absolute Gasteiger partial charge is 0.323 e. The Morgan fingerprint density at radius 3 is 2.00 bits per heavy atom. The van der Waals surface area contributed by atoms with Gasteiger partial charge in [-0.2, -0.15) is 11.8 Å². The zero-order valence-corrected chi connectivity index (χ0v) is 13.8. The minimum atomic E-state index is -5.08. The van der Waals surface area contributed by atoms with Crippen LogP contribution in [0.25, 0.3) is 0 Å². The monoisotopic (exact) mass is 347 g/mol. The van der Waals surface area contributed by atoms with Gasteiger partial charge in [0.2, 0.25) is 5.02 Å². The quantitative estimate of drug-likeness (QED) is 0.347. The number of hydrogen-bond donors (Lipinski definition) is 5. The van der Waals surface area contributed by atoms with Crippen LogP contribution in [0.5, 0.6) is 0 Å². The zero-order chi connectivity index (χ0) is 15.4. The van der Waals surface area contributed by atoms with E-state index in [1.807, 2.05) is 0 Å². The molecule has 1 aliphatic carbocycles. The number of nitrogens with two attached hydrogens (primary N) is 1. The Balaban J connectivity index is 2.48. The van der Waals surface area contributed by atoms with E-state index < -0.39 is 20.2 Å². The normalized spacial score (nSPS) is 19.2. The standard InChI is InChI=1S/C10H23NO6P2S/c11-10(18(12,13)14,19(15,16)17)7-4-8-20-9-5-2-1-3-6-9/h9H,1-8,11H2,(H2,12,13,14)(H2,15,16,17). The SMILES string of the molecule is NC(CCCSC1CCCCC1)(P(=O)(O)O)P(=O)(O)O. The molecule has 0 saturated heterocycles. The summed E-state index contributed by atoms with van der Waals surface area (Å²) in [6.07, 6.45) is 5.80. The molecule has 7 nitrogen and oxygen atoms in total. The highest BCUT2D eigenvalue weighted by Crippen LogP contribution is 2.67. The van der Waals surface area contributed by atoms with Gasteiger partial charge < -0.3 is 25.3 Å². The van der Waals surface area contributed by atoms with Crippen molar-refractivity contribution in [2.24, 2.45) is 5.73 Å². The van der Waals surface area contributed by atoms with Gasteiger partial charge in [0.1, 0.15) is 0 Å². The summed E-state index contributed by atoms with van der Waals surface area (Å²) in [5.74, 6) is 0.601. The Morgan fingerprint density at radius 2 is 1.55 bits per heavy atom. The maximum absolute atomic E-state index is 11.3. The van der Waals surface area contributed by atoms with Gasteiger partial charge in [0.15, 0.2) is 0 Å². The van der Waals surface area contributed by atoms with Gasteiger partial charge in [-0.3, -0.25) is 9.13 Å². The molecule has 0 amide bonds. The van der Waals surface area contributed by atoms with Gasteiger partial charge in [0, 0.05) is 5.25 Å². The maximum atomic E-state index is 11.3. The molecule has 0 aliphatic heterocycles. The maximum Gasteiger partial charge on any atom is 0.357 e. The van der Waals surface area contributed by atoms with E-state index in [0.29, 0.717) is 11.0 Å². The third-order valence-electron chi connectivity index (χ3n) is 3.60. The number of hydrogen-bond acceptors (Lipinski definition) is 4. The van der Waals surface area contributed by atoms with Gasteiger partial charge in [-0.1, -0.05) is 19.3 Å². The van der Waals surface area contributed by atoms with Gasteiger partial charge in [0.25, 0.3) is 0 Å². The second-order valence-electron chi connectivity index (χ2n) is 5.20. The van der Waals surface area contributed by atoms with E-state index in [4.69, 9.17) is 25.3 Å². The lowest BCUT2D eigenvalue weighted by molar-refractivity contribution is 0.302. The zero-order valence-electron chi connectivity index (χ0n) is 11.2. The van der Waals surface area contributed by atoms with Crippen molar-refractivity contribution >= 4 is 27.0 Å². The van der Waals surface area contributed by atoms with Crippen molar-refractivity contribution in [2.75, 3.05) is 5.75 Å². The first-order valence-corrected chi connectivity index (χ1v) is 10.9. The third kappa shape index (κ3) is 4.82. The first-order chi connectivity index (χ1) is 9.08. The van der Waals surface area contributed by atoms with Gasteiger partial charge in [0.05, 0.1) is 0 Å². The van der Waals surface area contributed by atoms with Crippen LogP contribution < -0.4 is 5.73 Å². The van der Waals surface area contributed by atoms with E-state index >= 15 is 0 Å². The molecule has 0 unspecified atom stereocenters. The van der Waals surface area contributed by atoms with Gasteiger partial charge >= 0.3 is 15.2 Å². The van der Waals surface area contributed by atoms with Crippen LogP contribution in [0.15, 0.2) is 0 Å². The molecule has 6 N–H and O–H groups in total. The summed E-state index contributed by atoms with van der Waals surface area (Å²) in [4.78, 5) is 36.4. The highest BCUT2D eigenvalue weighted by Gasteiger charge is 2.56. The van der Waals surface area contributed by atoms with Crippen LogP contribution in [0, 0.1) is 0 Å². The molecule has 120 valence electrons. The van der Waals surface area contributed by atoms with E-state index in [-0.39, 0.29) is 12.8 Å². The minimum absolute atomic E-state index is 0.272. The van der Waals surface area contributed by atoms with Gasteiger partial charge in [-0.05, 0) is 31.4 Å². The highest BCUT2D eigenvalue weighted by atomic mass is 32.2. The summed E-state index contributed by atoms with van der Waals surface area (Å²) in [6.45, 7) is 0. The molecule has 0 aromatic heterocycles. The minimum Gasteiger partial charge on any atom is -0.323 e. The molecular formula is C10H23NO6P2S. The average molecular weight is 347 g/mol. The van der Waals surface area contributed by atoms with Gasteiger partial charge in [-0.25, -0.2) is 0 Å². The van der Waals surface area contributed by atoms with E-state index in [9.17, 15) is 9.13 Å². The molecule has 0 bridgehead atoms. The Morgan fingerprint density at radius 1 is 1.05 bits per heavy atom. The summed E-state index contributed by atoms with van der Waals surface area (Å²) < 4.78 is 22.5. The van der Waals surface area contributed by atoms with Crippen molar-refractivity contribution in [1.29, 1.82) is 0 Å². The summed E-state index contributed by atoms with van der Waals surface area (Å²) in [6, 6.07) is 0. The number of thioether (sulfide) groups is 1. The lowest BCUT2D eigenvalue weighted by Gasteiger charge is -2.30. The Bertz CT molecular complexity index is 381. The Labute approximate surface area is 123 Å². The van der Waals surface area contributed by atoms with Crippen molar-refractivity contribution < 1.29 is 28.7 Å². The predicted molar refractivity (Wildman–Crippen MR) is 79.6 cm³/mol. The first kappa shape index (κ1) is 18.7. The lowest BCUT2D eigenvalue weighted by Crippen LogP contribution is -2.39. The van der Waals surface area contributed by atoms with Crippen LogP contribution >= 0.6 is 27.0 Å². The van der Waals surface area contributed by atoms with E-state index in [1.165, 1.54) is 19.3 Å². The second-order valence-corrected chi connectivity index (χ2v) is 10.7. The van der Waals surface area contributed by atoms with Crippen LogP contribution in [-0.2, 0) is 9.13 Å². The second kappa shape index (κ2) is 7.25. The molecular weight excluding hydrogens is 324 g/mol. The van der Waals surface area contributed by atoms with Crippen LogP contribution in [-0.4, -0.2) is 35.6 Å². The average Bonchev–Trinajstić information content (AvgIpc) is 2.33. The lowest BCUT2D eigenvalue weighted by atomic mass is 10.0. The van der Waals surface area contributed by atoms with Gasteiger partial charge in [-0.15, -0.1) is 0 Å². The molecule has 0 radical (unpaired) electrons. The summed E-state index contributed by atoms with van der Waals surface area (Å²) in [7, 11) is -10.2. The van der Waals surface area contributed by atoms with Crippen molar-refractivity contribution in [2.45, 2.75) is 55.2 Å². The van der Waals surface area contributed by atoms with Crippen molar-refractivity contribution in [3.8, 4) is 0 Å². The molecule has 0 atom stereocenters. The summed E-state index contributed by atoms with van der Waals surface area (Å²) in [5, 5.41) is -2.21. The number of rotatable bonds is 7. The molecule has 20 heavy (non-hydrogen) atoms. The van der Waals surface area contributed by atoms with Crippen LogP contribution in [0.3, 0.4) is 0 Å².